The van der Waals surface area contributed by atoms with Crippen LogP contribution in [0.5, 0.6) is 0 Å². The Morgan fingerprint density at radius 3 is 2.06 bits per heavy atom. The molecule has 94 valence electrons. The average molecular weight is 232 g/mol. The summed E-state index contributed by atoms with van der Waals surface area (Å²) < 4.78 is 0. The molecule has 0 spiro atoms. The predicted octanol–water partition coefficient (Wildman–Crippen LogP) is 3.57. The zero-order chi connectivity index (χ0) is 13.1. The van der Waals surface area contributed by atoms with E-state index in [2.05, 4.69) is 70.8 Å². The lowest BCUT2D eigenvalue weighted by Gasteiger charge is -2.35. The van der Waals surface area contributed by atoms with E-state index in [0.717, 1.165) is 5.84 Å². The van der Waals surface area contributed by atoms with Crippen molar-refractivity contribution in [2.24, 2.45) is 4.99 Å². The molecule has 2 heteroatoms. The molecular weight excluding hydrogens is 208 g/mol. The third kappa shape index (κ3) is 3.88. The lowest BCUT2D eigenvalue weighted by Crippen LogP contribution is -2.43. The molecule has 1 rings (SSSR count). The molecule has 0 amide bonds. The Balaban J connectivity index is 3.15. The van der Waals surface area contributed by atoms with Gasteiger partial charge in [-0.2, -0.15) is 0 Å². The topological polar surface area (TPSA) is 15.6 Å². The summed E-state index contributed by atoms with van der Waals surface area (Å²) in [5.74, 6) is 1.06. The third-order valence-corrected chi connectivity index (χ3v) is 2.74. The molecule has 1 aromatic rings. The van der Waals surface area contributed by atoms with E-state index in [1.807, 2.05) is 6.07 Å². The maximum Gasteiger partial charge on any atom is 0.131 e. The van der Waals surface area contributed by atoms with Gasteiger partial charge in [-0.05, 0) is 34.6 Å². The first-order chi connectivity index (χ1) is 7.82. The van der Waals surface area contributed by atoms with Crippen LogP contribution in [0.15, 0.2) is 35.3 Å². The van der Waals surface area contributed by atoms with Crippen LogP contribution in [0.3, 0.4) is 0 Å². The largest absolute Gasteiger partial charge is 0.355 e. The third-order valence-electron chi connectivity index (χ3n) is 2.74. The van der Waals surface area contributed by atoms with Gasteiger partial charge in [0.15, 0.2) is 0 Å². The maximum absolute atomic E-state index is 4.76. The Labute approximate surface area is 105 Å². The molecule has 0 unspecified atom stereocenters. The molecule has 0 heterocycles. The van der Waals surface area contributed by atoms with E-state index < -0.39 is 0 Å². The minimum Gasteiger partial charge on any atom is -0.355 e. The van der Waals surface area contributed by atoms with Crippen LogP contribution in [0.2, 0.25) is 0 Å². The molecule has 0 saturated heterocycles. The highest BCUT2D eigenvalue weighted by atomic mass is 15.2. The number of aliphatic imine (C=N–C) groups is 1. The SMILES string of the molecule is CC(C)/N=C(/c1ccccc1)N(C)C(C)(C)C. The number of hydrogen-bond donors (Lipinski definition) is 0. The lowest BCUT2D eigenvalue weighted by atomic mass is 10.0. The van der Waals surface area contributed by atoms with Gasteiger partial charge in [0.05, 0.1) is 0 Å². The van der Waals surface area contributed by atoms with Crippen molar-refractivity contribution >= 4 is 5.84 Å². The monoisotopic (exact) mass is 232 g/mol. The lowest BCUT2D eigenvalue weighted by molar-refractivity contribution is 0.281. The zero-order valence-corrected chi connectivity index (χ0v) is 11.9. The van der Waals surface area contributed by atoms with E-state index >= 15 is 0 Å². The number of hydrogen-bond acceptors (Lipinski definition) is 1. The van der Waals surface area contributed by atoms with E-state index in [9.17, 15) is 0 Å². The van der Waals surface area contributed by atoms with Crippen molar-refractivity contribution in [2.45, 2.75) is 46.2 Å². The average Bonchev–Trinajstić information content (AvgIpc) is 2.24. The quantitative estimate of drug-likeness (QED) is 0.562. The van der Waals surface area contributed by atoms with Crippen molar-refractivity contribution in [3.8, 4) is 0 Å². The van der Waals surface area contributed by atoms with Gasteiger partial charge in [-0.15, -0.1) is 0 Å². The molecule has 0 radical (unpaired) electrons. The van der Waals surface area contributed by atoms with Crippen molar-refractivity contribution in [1.82, 2.24) is 4.90 Å². The fourth-order valence-corrected chi connectivity index (χ4v) is 1.50. The summed E-state index contributed by atoms with van der Waals surface area (Å²) in [7, 11) is 2.11. The van der Waals surface area contributed by atoms with Crippen LogP contribution < -0.4 is 0 Å². The summed E-state index contributed by atoms with van der Waals surface area (Å²) in [4.78, 5) is 6.99. The minimum absolute atomic E-state index is 0.0730. The molecular formula is C15H24N2. The number of amidine groups is 1. The molecule has 0 bridgehead atoms. The molecule has 0 aliphatic heterocycles. The Kier molecular flexibility index (Phi) is 4.33. The summed E-state index contributed by atoms with van der Waals surface area (Å²) in [6.07, 6.45) is 0. The van der Waals surface area contributed by atoms with Gasteiger partial charge in [0.25, 0.3) is 0 Å². The van der Waals surface area contributed by atoms with Gasteiger partial charge in [0.1, 0.15) is 5.84 Å². The highest BCUT2D eigenvalue weighted by Gasteiger charge is 2.21. The van der Waals surface area contributed by atoms with Crippen molar-refractivity contribution in [3.63, 3.8) is 0 Å². The summed E-state index contributed by atoms with van der Waals surface area (Å²) in [5.41, 5.74) is 1.25. The number of nitrogens with zero attached hydrogens (tertiary/aromatic N) is 2. The van der Waals surface area contributed by atoms with Crippen molar-refractivity contribution in [2.75, 3.05) is 7.05 Å². The molecule has 0 atom stereocenters. The van der Waals surface area contributed by atoms with E-state index in [-0.39, 0.29) is 5.54 Å². The Morgan fingerprint density at radius 2 is 1.65 bits per heavy atom. The van der Waals surface area contributed by atoms with Crippen molar-refractivity contribution < 1.29 is 0 Å². The molecule has 0 N–H and O–H groups in total. The fourth-order valence-electron chi connectivity index (χ4n) is 1.50. The summed E-state index contributed by atoms with van der Waals surface area (Å²) in [6, 6.07) is 10.7. The second-order valence-electron chi connectivity index (χ2n) is 5.64. The zero-order valence-electron chi connectivity index (χ0n) is 11.9. The Morgan fingerprint density at radius 1 is 1.12 bits per heavy atom. The molecule has 0 aliphatic rings. The standard InChI is InChI=1S/C15H24N2/c1-12(2)16-14(17(6)15(3,4)5)13-10-8-7-9-11-13/h7-12H,1-6H3/b16-14-. The van der Waals surface area contributed by atoms with Crippen molar-refractivity contribution in [1.29, 1.82) is 0 Å². The van der Waals surface area contributed by atoms with Crippen LogP contribution in [0.25, 0.3) is 0 Å². The van der Waals surface area contributed by atoms with Gasteiger partial charge in [0.2, 0.25) is 0 Å². The Hall–Kier alpha value is -1.31. The predicted molar refractivity (Wildman–Crippen MR) is 75.6 cm³/mol. The summed E-state index contributed by atoms with van der Waals surface area (Å²) >= 11 is 0. The second-order valence-corrected chi connectivity index (χ2v) is 5.64. The molecule has 0 aliphatic carbocycles. The highest BCUT2D eigenvalue weighted by Crippen LogP contribution is 2.16. The van der Waals surface area contributed by atoms with Crippen LogP contribution in [0.1, 0.15) is 40.2 Å². The van der Waals surface area contributed by atoms with Gasteiger partial charge in [-0.3, -0.25) is 4.99 Å². The van der Waals surface area contributed by atoms with Gasteiger partial charge < -0.3 is 4.90 Å². The van der Waals surface area contributed by atoms with E-state index in [0.29, 0.717) is 6.04 Å². The van der Waals surface area contributed by atoms with Gasteiger partial charge in [-0.25, -0.2) is 0 Å². The summed E-state index contributed by atoms with van der Waals surface area (Å²) in [6.45, 7) is 10.8. The molecule has 2 nitrogen and oxygen atoms in total. The Bertz CT molecular complexity index is 372. The smallest absolute Gasteiger partial charge is 0.131 e. The number of benzene rings is 1. The molecule has 0 fully saturated rings. The second kappa shape index (κ2) is 5.35. The fraction of sp³-hybridized carbons (Fsp3) is 0.533. The first-order valence-corrected chi connectivity index (χ1v) is 6.19. The van der Waals surface area contributed by atoms with Crippen LogP contribution in [0.4, 0.5) is 0 Å². The van der Waals surface area contributed by atoms with Gasteiger partial charge in [-0.1, -0.05) is 30.3 Å². The summed E-state index contributed by atoms with van der Waals surface area (Å²) in [5, 5.41) is 0. The first-order valence-electron chi connectivity index (χ1n) is 6.19. The van der Waals surface area contributed by atoms with E-state index in [4.69, 9.17) is 4.99 Å². The molecule has 0 aromatic heterocycles. The first kappa shape index (κ1) is 13.8. The molecule has 17 heavy (non-hydrogen) atoms. The van der Waals surface area contributed by atoms with Gasteiger partial charge >= 0.3 is 0 Å². The molecule has 1 aromatic carbocycles. The normalized spacial score (nSPS) is 13.0. The van der Waals surface area contributed by atoms with E-state index in [1.165, 1.54) is 5.56 Å². The van der Waals surface area contributed by atoms with Gasteiger partial charge in [0, 0.05) is 24.2 Å². The van der Waals surface area contributed by atoms with E-state index in [1.54, 1.807) is 0 Å². The van der Waals surface area contributed by atoms with Crippen molar-refractivity contribution in [3.05, 3.63) is 35.9 Å². The maximum atomic E-state index is 4.76. The minimum atomic E-state index is 0.0730. The molecule has 0 saturated carbocycles. The number of rotatable bonds is 2. The van der Waals surface area contributed by atoms with Crippen LogP contribution >= 0.6 is 0 Å². The van der Waals surface area contributed by atoms with Crippen LogP contribution in [-0.4, -0.2) is 29.4 Å². The van der Waals surface area contributed by atoms with Crippen LogP contribution in [-0.2, 0) is 0 Å². The highest BCUT2D eigenvalue weighted by molar-refractivity contribution is 5.99. The van der Waals surface area contributed by atoms with Crippen LogP contribution in [0, 0.1) is 0 Å².